The molecule has 1 unspecified atom stereocenters. The first-order valence-electron chi connectivity index (χ1n) is 11.3. The van der Waals surface area contributed by atoms with Crippen LogP contribution in [0.1, 0.15) is 17.0 Å². The summed E-state index contributed by atoms with van der Waals surface area (Å²) in [6.45, 7) is 7.22. The van der Waals surface area contributed by atoms with Crippen LogP contribution in [0.4, 0.5) is 5.69 Å². The van der Waals surface area contributed by atoms with E-state index in [2.05, 4.69) is 10.3 Å². The molecule has 0 saturated carbocycles. The summed E-state index contributed by atoms with van der Waals surface area (Å²) in [5, 5.41) is 13.3. The van der Waals surface area contributed by atoms with Gasteiger partial charge in [0.25, 0.3) is 0 Å². The molecule has 1 atom stereocenters. The Morgan fingerprint density at radius 3 is 2.71 bits per heavy atom. The maximum atomic E-state index is 12.6. The maximum Gasteiger partial charge on any atom is 0.244 e. The van der Waals surface area contributed by atoms with E-state index >= 15 is 0 Å². The molecule has 0 radical (unpaired) electrons. The van der Waals surface area contributed by atoms with Crippen molar-refractivity contribution in [1.29, 1.82) is 0 Å². The Balaban J connectivity index is 1.22. The lowest BCUT2D eigenvalue weighted by Crippen LogP contribution is -2.54. The second kappa shape index (κ2) is 10.2. The third-order valence-electron chi connectivity index (χ3n) is 5.86. The number of β-amino-alcohol motifs (C(OH)–C–C–N with tert-alkyl or cyclic N) is 1. The average Bonchev–Trinajstić information content (AvgIpc) is 3.16. The largest absolute Gasteiger partial charge is 0.491 e. The highest BCUT2D eigenvalue weighted by molar-refractivity contribution is 5.96. The number of rotatable bonds is 8. The summed E-state index contributed by atoms with van der Waals surface area (Å²) in [6.07, 6.45) is -0.763. The van der Waals surface area contributed by atoms with Crippen molar-refractivity contribution in [2.45, 2.75) is 26.9 Å². The SMILES string of the molecule is Cc1nc2cc(OCC(O)CN3CCN(CC(=O)Nc4c(C)cccc4C)C(=O)C3)ccc2o1. The van der Waals surface area contributed by atoms with Gasteiger partial charge in [-0.25, -0.2) is 4.98 Å². The molecule has 180 valence electrons. The van der Waals surface area contributed by atoms with E-state index in [1.807, 2.05) is 36.9 Å². The van der Waals surface area contributed by atoms with Gasteiger partial charge < -0.3 is 24.5 Å². The van der Waals surface area contributed by atoms with Crippen LogP contribution in [0, 0.1) is 20.8 Å². The summed E-state index contributed by atoms with van der Waals surface area (Å²) < 4.78 is 11.1. The quantitative estimate of drug-likeness (QED) is 0.524. The zero-order valence-electron chi connectivity index (χ0n) is 19.7. The number of fused-ring (bicyclic) bond motifs is 1. The molecule has 2 N–H and O–H groups in total. The second-order valence-electron chi connectivity index (χ2n) is 8.69. The Hall–Kier alpha value is -3.43. The smallest absolute Gasteiger partial charge is 0.244 e. The van der Waals surface area contributed by atoms with Gasteiger partial charge in [-0.15, -0.1) is 0 Å². The second-order valence-corrected chi connectivity index (χ2v) is 8.69. The maximum absolute atomic E-state index is 12.6. The van der Waals surface area contributed by atoms with Crippen LogP contribution in [0.2, 0.25) is 0 Å². The van der Waals surface area contributed by atoms with Gasteiger partial charge in [-0.05, 0) is 37.1 Å². The standard InChI is InChI=1S/C25H30N4O5/c1-16-5-4-6-17(2)25(16)27-23(31)13-29-10-9-28(14-24(29)32)12-19(30)15-33-20-7-8-22-21(11-20)26-18(3)34-22/h4-8,11,19,30H,9-10,12-15H2,1-3H3,(H,27,31). The van der Waals surface area contributed by atoms with E-state index in [1.165, 1.54) is 0 Å². The van der Waals surface area contributed by atoms with Crippen LogP contribution < -0.4 is 10.1 Å². The number of oxazole rings is 1. The molecule has 2 amide bonds. The van der Waals surface area contributed by atoms with Crippen molar-refractivity contribution in [3.05, 3.63) is 53.4 Å². The number of aliphatic hydroxyl groups is 1. The molecule has 1 fully saturated rings. The summed E-state index contributed by atoms with van der Waals surface area (Å²) in [6, 6.07) is 11.1. The highest BCUT2D eigenvalue weighted by atomic mass is 16.5. The highest BCUT2D eigenvalue weighted by Crippen LogP contribution is 2.22. The topological polar surface area (TPSA) is 108 Å². The van der Waals surface area contributed by atoms with Crippen LogP contribution in [-0.2, 0) is 9.59 Å². The van der Waals surface area contributed by atoms with E-state index in [0.717, 1.165) is 16.8 Å². The van der Waals surface area contributed by atoms with Crippen LogP contribution in [0.5, 0.6) is 5.75 Å². The van der Waals surface area contributed by atoms with Gasteiger partial charge in [0.05, 0.1) is 13.1 Å². The predicted molar refractivity (Wildman–Crippen MR) is 128 cm³/mol. The number of aromatic nitrogens is 1. The number of anilines is 1. The van der Waals surface area contributed by atoms with Crippen LogP contribution in [-0.4, -0.2) is 77.1 Å². The van der Waals surface area contributed by atoms with E-state index < -0.39 is 6.10 Å². The molecule has 0 bridgehead atoms. The van der Waals surface area contributed by atoms with Gasteiger partial charge in [-0.3, -0.25) is 14.5 Å². The van der Waals surface area contributed by atoms with E-state index in [-0.39, 0.29) is 31.5 Å². The van der Waals surface area contributed by atoms with Gasteiger partial charge in [0.1, 0.15) is 24.0 Å². The molecule has 9 nitrogen and oxygen atoms in total. The van der Waals surface area contributed by atoms with Gasteiger partial charge in [0, 0.05) is 38.3 Å². The van der Waals surface area contributed by atoms with Crippen LogP contribution >= 0.6 is 0 Å². The van der Waals surface area contributed by atoms with Gasteiger partial charge in [0.2, 0.25) is 11.8 Å². The van der Waals surface area contributed by atoms with E-state index in [4.69, 9.17) is 9.15 Å². The fraction of sp³-hybridized carbons (Fsp3) is 0.400. The fourth-order valence-electron chi connectivity index (χ4n) is 4.10. The number of amides is 2. The zero-order valence-corrected chi connectivity index (χ0v) is 19.7. The normalized spacial score (nSPS) is 15.5. The number of carbonyl (C=O) groups is 2. The van der Waals surface area contributed by atoms with Crippen molar-refractivity contribution in [2.75, 3.05) is 44.6 Å². The van der Waals surface area contributed by atoms with Crippen molar-refractivity contribution in [2.24, 2.45) is 0 Å². The van der Waals surface area contributed by atoms with Gasteiger partial charge in [-0.1, -0.05) is 18.2 Å². The minimum atomic E-state index is -0.763. The van der Waals surface area contributed by atoms with Gasteiger partial charge >= 0.3 is 0 Å². The Morgan fingerprint density at radius 2 is 1.97 bits per heavy atom. The zero-order chi connectivity index (χ0) is 24.2. The number of carbonyl (C=O) groups excluding carboxylic acids is 2. The Kier molecular flexibility index (Phi) is 7.14. The van der Waals surface area contributed by atoms with Crippen molar-refractivity contribution in [3.8, 4) is 5.75 Å². The third kappa shape index (κ3) is 5.73. The van der Waals surface area contributed by atoms with Crippen molar-refractivity contribution in [3.63, 3.8) is 0 Å². The Labute approximate surface area is 198 Å². The van der Waals surface area contributed by atoms with E-state index in [1.54, 1.807) is 30.0 Å². The monoisotopic (exact) mass is 466 g/mol. The first kappa shape index (κ1) is 23.7. The lowest BCUT2D eigenvalue weighted by Gasteiger charge is -2.34. The number of nitrogens with zero attached hydrogens (tertiary/aromatic N) is 3. The molecule has 0 aliphatic carbocycles. The summed E-state index contributed by atoms with van der Waals surface area (Å²) >= 11 is 0. The molecule has 2 aromatic carbocycles. The summed E-state index contributed by atoms with van der Waals surface area (Å²) in [5.74, 6) is 0.823. The number of piperazine rings is 1. The molecule has 4 rings (SSSR count). The fourth-order valence-corrected chi connectivity index (χ4v) is 4.10. The molecular weight excluding hydrogens is 436 g/mol. The number of para-hydroxylation sites is 1. The predicted octanol–water partition coefficient (Wildman–Crippen LogP) is 2.28. The number of benzene rings is 2. The summed E-state index contributed by atoms with van der Waals surface area (Å²) in [4.78, 5) is 32.8. The first-order chi connectivity index (χ1) is 16.3. The molecule has 2 heterocycles. The minimum Gasteiger partial charge on any atom is -0.491 e. The number of hydrogen-bond donors (Lipinski definition) is 2. The summed E-state index contributed by atoms with van der Waals surface area (Å²) in [7, 11) is 0. The van der Waals surface area contributed by atoms with Gasteiger partial charge in [-0.2, -0.15) is 0 Å². The minimum absolute atomic E-state index is 0.0100. The first-order valence-corrected chi connectivity index (χ1v) is 11.3. The van der Waals surface area contributed by atoms with Crippen molar-refractivity contribution in [1.82, 2.24) is 14.8 Å². The molecule has 3 aromatic rings. The highest BCUT2D eigenvalue weighted by Gasteiger charge is 2.27. The molecule has 1 aliphatic rings. The molecule has 0 spiro atoms. The number of ether oxygens (including phenoxy) is 1. The lowest BCUT2D eigenvalue weighted by molar-refractivity contribution is -0.139. The molecule has 9 heteroatoms. The number of aryl methyl sites for hydroxylation is 3. The van der Waals surface area contributed by atoms with Crippen LogP contribution in [0.3, 0.4) is 0 Å². The van der Waals surface area contributed by atoms with Crippen LogP contribution in [0.25, 0.3) is 11.1 Å². The van der Waals surface area contributed by atoms with Crippen molar-refractivity contribution >= 4 is 28.6 Å². The molecule has 1 aromatic heterocycles. The Morgan fingerprint density at radius 1 is 1.21 bits per heavy atom. The summed E-state index contributed by atoms with van der Waals surface area (Å²) in [5.41, 5.74) is 4.14. The number of aliphatic hydroxyl groups excluding tert-OH is 1. The number of nitrogens with one attached hydrogen (secondary N) is 1. The lowest BCUT2D eigenvalue weighted by atomic mass is 10.1. The molecule has 1 aliphatic heterocycles. The van der Waals surface area contributed by atoms with E-state index in [9.17, 15) is 14.7 Å². The van der Waals surface area contributed by atoms with Crippen molar-refractivity contribution < 1.29 is 23.8 Å². The molecule has 1 saturated heterocycles. The van der Waals surface area contributed by atoms with E-state index in [0.29, 0.717) is 42.4 Å². The van der Waals surface area contributed by atoms with Gasteiger partial charge in [0.15, 0.2) is 11.5 Å². The molecular formula is C25H30N4O5. The van der Waals surface area contributed by atoms with Crippen LogP contribution in [0.15, 0.2) is 40.8 Å². The number of hydrogen-bond acceptors (Lipinski definition) is 7. The molecule has 34 heavy (non-hydrogen) atoms. The third-order valence-corrected chi connectivity index (χ3v) is 5.86. The Bertz CT molecular complexity index is 1170. The average molecular weight is 467 g/mol.